The molecule has 88 valence electrons. The molecule has 0 amide bonds. The molecule has 0 saturated heterocycles. The normalized spacial score (nSPS) is 24.6. The van der Waals surface area contributed by atoms with E-state index in [1.54, 1.807) is 0 Å². The van der Waals surface area contributed by atoms with E-state index in [2.05, 4.69) is 31.2 Å². The summed E-state index contributed by atoms with van der Waals surface area (Å²) in [7, 11) is 0. The quantitative estimate of drug-likeness (QED) is 0.776. The van der Waals surface area contributed by atoms with Crippen LogP contribution >= 0.6 is 15.9 Å². The summed E-state index contributed by atoms with van der Waals surface area (Å²) in [5, 5.41) is 3.18. The summed E-state index contributed by atoms with van der Waals surface area (Å²) < 4.78 is 0.456. The minimum Gasteiger partial charge on any atom is -0.369 e. The topological polar surface area (TPSA) is 83.8 Å². The van der Waals surface area contributed by atoms with Crippen molar-refractivity contribution in [2.45, 2.75) is 25.3 Å². The monoisotopic (exact) mass is 286 g/mol. The molecule has 2 unspecified atom stereocenters. The molecule has 0 aliphatic heterocycles. The van der Waals surface area contributed by atoms with Gasteiger partial charge < -0.3 is 16.0 Å². The van der Waals surface area contributed by atoms with Crippen LogP contribution in [0.5, 0.6) is 0 Å². The molecule has 1 aliphatic rings. The van der Waals surface area contributed by atoms with Gasteiger partial charge in [0.2, 0.25) is 0 Å². The molecule has 0 radical (unpaired) electrons. The number of nitrogens with zero attached hydrogens (tertiary/aromatic N) is 1. The number of aromatic nitrogens is 2. The zero-order valence-electron chi connectivity index (χ0n) is 8.87. The third kappa shape index (κ3) is 2.62. The van der Waals surface area contributed by atoms with Gasteiger partial charge in [-0.05, 0) is 41.1 Å². The second-order valence-electron chi connectivity index (χ2n) is 4.21. The molecule has 1 aliphatic carbocycles. The molecule has 1 aromatic heterocycles. The Balaban J connectivity index is 1.95. The van der Waals surface area contributed by atoms with Gasteiger partial charge in [-0.15, -0.1) is 0 Å². The standard InChI is InChI=1S/C10H15BrN4O/c11-8-9(14-5-15-10(8)16)13-4-6-1-2-7(12)3-6/h5-7H,1-4,12H2,(H2,13,14,15,16). The molecule has 6 heteroatoms. The van der Waals surface area contributed by atoms with Gasteiger partial charge in [-0.3, -0.25) is 4.79 Å². The Morgan fingerprint density at radius 3 is 3.12 bits per heavy atom. The zero-order valence-corrected chi connectivity index (χ0v) is 10.5. The van der Waals surface area contributed by atoms with Gasteiger partial charge in [-0.2, -0.15) is 0 Å². The van der Waals surface area contributed by atoms with E-state index in [1.807, 2.05) is 0 Å². The van der Waals surface area contributed by atoms with Crippen LogP contribution in [0.3, 0.4) is 0 Å². The number of H-pyrrole nitrogens is 1. The Morgan fingerprint density at radius 2 is 2.44 bits per heavy atom. The fourth-order valence-corrected chi connectivity index (χ4v) is 2.40. The first-order chi connectivity index (χ1) is 7.66. The number of hydrogen-bond donors (Lipinski definition) is 3. The van der Waals surface area contributed by atoms with Crippen molar-refractivity contribution in [1.29, 1.82) is 0 Å². The van der Waals surface area contributed by atoms with Gasteiger partial charge in [0.15, 0.2) is 0 Å². The lowest BCUT2D eigenvalue weighted by Gasteiger charge is -2.11. The molecule has 2 rings (SSSR count). The molecule has 1 aromatic rings. The molecule has 0 spiro atoms. The van der Waals surface area contributed by atoms with Crippen LogP contribution in [0.25, 0.3) is 0 Å². The molecule has 1 heterocycles. The Hall–Kier alpha value is -0.880. The van der Waals surface area contributed by atoms with Crippen molar-refractivity contribution in [3.05, 3.63) is 21.2 Å². The van der Waals surface area contributed by atoms with Crippen LogP contribution in [0.15, 0.2) is 15.6 Å². The lowest BCUT2D eigenvalue weighted by molar-refractivity contribution is 0.564. The van der Waals surface area contributed by atoms with E-state index in [0.29, 0.717) is 22.3 Å². The van der Waals surface area contributed by atoms with Gasteiger partial charge in [-0.25, -0.2) is 4.98 Å². The SMILES string of the molecule is NC1CCC(CNc2nc[nH]c(=O)c2Br)C1. The van der Waals surface area contributed by atoms with Crippen molar-refractivity contribution in [3.63, 3.8) is 0 Å². The molecule has 16 heavy (non-hydrogen) atoms. The maximum absolute atomic E-state index is 11.3. The van der Waals surface area contributed by atoms with Gasteiger partial charge >= 0.3 is 0 Å². The third-order valence-electron chi connectivity index (χ3n) is 2.94. The second-order valence-corrected chi connectivity index (χ2v) is 5.01. The number of aromatic amines is 1. The fourth-order valence-electron chi connectivity index (χ4n) is 2.05. The highest BCUT2D eigenvalue weighted by atomic mass is 79.9. The Kier molecular flexibility index (Phi) is 3.60. The first-order valence-electron chi connectivity index (χ1n) is 5.39. The second kappa shape index (κ2) is 4.97. The highest BCUT2D eigenvalue weighted by Gasteiger charge is 2.21. The summed E-state index contributed by atoms with van der Waals surface area (Å²) in [5.74, 6) is 1.19. The highest BCUT2D eigenvalue weighted by molar-refractivity contribution is 9.10. The average Bonchev–Trinajstić information content (AvgIpc) is 2.67. The molecule has 2 atom stereocenters. The van der Waals surface area contributed by atoms with Gasteiger partial charge in [0.1, 0.15) is 10.3 Å². The predicted octanol–water partition coefficient (Wildman–Crippen LogP) is 1.07. The first-order valence-corrected chi connectivity index (χ1v) is 6.18. The van der Waals surface area contributed by atoms with Crippen LogP contribution in [-0.4, -0.2) is 22.6 Å². The van der Waals surface area contributed by atoms with Crippen molar-refractivity contribution >= 4 is 21.7 Å². The van der Waals surface area contributed by atoms with E-state index in [0.717, 1.165) is 25.8 Å². The van der Waals surface area contributed by atoms with Crippen LogP contribution in [0.1, 0.15) is 19.3 Å². The molecule has 0 bridgehead atoms. The predicted molar refractivity (Wildman–Crippen MR) is 66.4 cm³/mol. The van der Waals surface area contributed by atoms with Crippen LogP contribution in [0.2, 0.25) is 0 Å². The average molecular weight is 287 g/mol. The van der Waals surface area contributed by atoms with E-state index < -0.39 is 0 Å². The first kappa shape index (κ1) is 11.6. The van der Waals surface area contributed by atoms with E-state index in [1.165, 1.54) is 6.33 Å². The molecular formula is C10H15BrN4O. The maximum atomic E-state index is 11.3. The van der Waals surface area contributed by atoms with E-state index in [9.17, 15) is 4.79 Å². The van der Waals surface area contributed by atoms with Crippen LogP contribution in [0.4, 0.5) is 5.82 Å². The van der Waals surface area contributed by atoms with Crippen LogP contribution < -0.4 is 16.6 Å². The number of hydrogen-bond acceptors (Lipinski definition) is 4. The van der Waals surface area contributed by atoms with E-state index in [-0.39, 0.29) is 5.56 Å². The largest absolute Gasteiger partial charge is 0.369 e. The number of nitrogens with one attached hydrogen (secondary N) is 2. The molecule has 1 saturated carbocycles. The molecule has 5 nitrogen and oxygen atoms in total. The zero-order chi connectivity index (χ0) is 11.5. The summed E-state index contributed by atoms with van der Waals surface area (Å²) in [6, 6.07) is 0.336. The van der Waals surface area contributed by atoms with Gasteiger partial charge in [0.25, 0.3) is 5.56 Å². The smallest absolute Gasteiger partial charge is 0.267 e. The Bertz CT molecular complexity index is 420. The number of halogens is 1. The maximum Gasteiger partial charge on any atom is 0.267 e. The van der Waals surface area contributed by atoms with Crippen molar-refractivity contribution in [2.24, 2.45) is 11.7 Å². The summed E-state index contributed by atoms with van der Waals surface area (Å²) in [4.78, 5) is 17.9. The molecule has 4 N–H and O–H groups in total. The molecule has 1 fully saturated rings. The van der Waals surface area contributed by atoms with E-state index >= 15 is 0 Å². The molecular weight excluding hydrogens is 272 g/mol. The van der Waals surface area contributed by atoms with Crippen LogP contribution in [-0.2, 0) is 0 Å². The van der Waals surface area contributed by atoms with Crippen LogP contribution in [0, 0.1) is 5.92 Å². The molecule has 0 aromatic carbocycles. The summed E-state index contributed by atoms with van der Waals surface area (Å²) in [5.41, 5.74) is 5.67. The Morgan fingerprint density at radius 1 is 1.62 bits per heavy atom. The fraction of sp³-hybridized carbons (Fsp3) is 0.600. The highest BCUT2D eigenvalue weighted by Crippen LogP contribution is 2.24. The van der Waals surface area contributed by atoms with Crippen molar-refractivity contribution in [3.8, 4) is 0 Å². The Labute approximate surface area is 102 Å². The van der Waals surface area contributed by atoms with Gasteiger partial charge in [0.05, 0.1) is 6.33 Å². The number of rotatable bonds is 3. The summed E-state index contributed by atoms with van der Waals surface area (Å²) in [6.07, 6.45) is 4.69. The third-order valence-corrected chi connectivity index (χ3v) is 3.67. The van der Waals surface area contributed by atoms with Gasteiger partial charge in [-0.1, -0.05) is 0 Å². The van der Waals surface area contributed by atoms with Crippen molar-refractivity contribution < 1.29 is 0 Å². The van der Waals surface area contributed by atoms with E-state index in [4.69, 9.17) is 5.73 Å². The van der Waals surface area contributed by atoms with Crippen molar-refractivity contribution in [1.82, 2.24) is 9.97 Å². The summed E-state index contributed by atoms with van der Waals surface area (Å²) >= 11 is 3.21. The minimum atomic E-state index is -0.166. The lowest BCUT2D eigenvalue weighted by atomic mass is 10.1. The van der Waals surface area contributed by atoms with Gasteiger partial charge in [0, 0.05) is 12.6 Å². The number of anilines is 1. The van der Waals surface area contributed by atoms with Crippen molar-refractivity contribution in [2.75, 3.05) is 11.9 Å². The summed E-state index contributed by atoms with van der Waals surface area (Å²) in [6.45, 7) is 0.822. The lowest BCUT2D eigenvalue weighted by Crippen LogP contribution is -2.19. The minimum absolute atomic E-state index is 0.166. The number of nitrogens with two attached hydrogens (primary N) is 1.